The van der Waals surface area contributed by atoms with Crippen LogP contribution in [0, 0.1) is 0 Å². The molecule has 76 valence electrons. The van der Waals surface area contributed by atoms with Crippen molar-refractivity contribution < 1.29 is 4.79 Å². The van der Waals surface area contributed by atoms with Crippen LogP contribution >= 0.6 is 0 Å². The molecule has 2 heterocycles. The number of aromatic amines is 1. The number of carbonyl (C=O) groups is 1. The first kappa shape index (κ1) is 9.14. The molecule has 6 heteroatoms. The van der Waals surface area contributed by atoms with Gasteiger partial charge < -0.3 is 9.80 Å². The zero-order valence-corrected chi connectivity index (χ0v) is 8.10. The van der Waals surface area contributed by atoms with Crippen molar-refractivity contribution in [1.82, 2.24) is 25.0 Å². The quantitative estimate of drug-likeness (QED) is 0.636. The number of amides is 1. The van der Waals surface area contributed by atoms with Gasteiger partial charge in [-0.2, -0.15) is 5.10 Å². The molecule has 1 aromatic heterocycles. The minimum Gasteiger partial charge on any atom is -0.333 e. The number of hydrogen-bond donors (Lipinski definition) is 1. The lowest BCUT2D eigenvalue weighted by Crippen LogP contribution is -2.47. The third-order valence-electron chi connectivity index (χ3n) is 2.41. The second-order valence-electron chi connectivity index (χ2n) is 3.43. The number of H-pyrrole nitrogens is 1. The molecule has 1 aromatic rings. The molecule has 0 atom stereocenters. The summed E-state index contributed by atoms with van der Waals surface area (Å²) in [6, 6.07) is 0. The third-order valence-corrected chi connectivity index (χ3v) is 2.41. The molecule has 14 heavy (non-hydrogen) atoms. The SMILES string of the molecule is CN1CCN(C(=O)c2ncn[nH]2)CC1. The van der Waals surface area contributed by atoms with Crippen LogP contribution in [0.1, 0.15) is 10.6 Å². The van der Waals surface area contributed by atoms with Crippen molar-refractivity contribution in [2.45, 2.75) is 0 Å². The molecule has 1 N–H and O–H groups in total. The van der Waals surface area contributed by atoms with Gasteiger partial charge >= 0.3 is 0 Å². The van der Waals surface area contributed by atoms with E-state index < -0.39 is 0 Å². The topological polar surface area (TPSA) is 65.1 Å². The van der Waals surface area contributed by atoms with E-state index in [4.69, 9.17) is 0 Å². The maximum Gasteiger partial charge on any atom is 0.291 e. The highest BCUT2D eigenvalue weighted by atomic mass is 16.2. The van der Waals surface area contributed by atoms with E-state index in [2.05, 4.69) is 27.1 Å². The first-order valence-electron chi connectivity index (χ1n) is 4.60. The van der Waals surface area contributed by atoms with Crippen molar-refractivity contribution in [3.8, 4) is 0 Å². The molecule has 1 aliphatic heterocycles. The molecule has 0 aromatic carbocycles. The number of piperazine rings is 1. The Morgan fingerprint density at radius 1 is 1.43 bits per heavy atom. The van der Waals surface area contributed by atoms with E-state index in [1.807, 2.05) is 0 Å². The van der Waals surface area contributed by atoms with Crippen LogP contribution in [0.5, 0.6) is 0 Å². The first-order valence-corrected chi connectivity index (χ1v) is 4.60. The lowest BCUT2D eigenvalue weighted by atomic mass is 10.3. The molecule has 1 saturated heterocycles. The van der Waals surface area contributed by atoms with Gasteiger partial charge in [0.15, 0.2) is 0 Å². The molecule has 0 radical (unpaired) electrons. The van der Waals surface area contributed by atoms with Crippen LogP contribution in [0.15, 0.2) is 6.33 Å². The van der Waals surface area contributed by atoms with Crippen LogP contribution < -0.4 is 0 Å². The predicted octanol–water partition coefficient (Wildman–Crippen LogP) is -0.808. The minimum absolute atomic E-state index is 0.0596. The van der Waals surface area contributed by atoms with Gasteiger partial charge in [-0.3, -0.25) is 9.89 Å². The molecule has 1 amide bonds. The zero-order chi connectivity index (χ0) is 9.97. The van der Waals surface area contributed by atoms with Crippen LogP contribution in [0.4, 0.5) is 0 Å². The summed E-state index contributed by atoms with van der Waals surface area (Å²) >= 11 is 0. The van der Waals surface area contributed by atoms with Gasteiger partial charge in [-0.1, -0.05) is 0 Å². The fraction of sp³-hybridized carbons (Fsp3) is 0.625. The number of hydrogen-bond acceptors (Lipinski definition) is 4. The standard InChI is InChI=1S/C8H13N5O/c1-12-2-4-13(5-3-12)8(14)7-9-6-10-11-7/h6H,2-5H2,1H3,(H,9,10,11). The summed E-state index contributed by atoms with van der Waals surface area (Å²) in [6.07, 6.45) is 1.35. The molecule has 2 rings (SSSR count). The van der Waals surface area contributed by atoms with Gasteiger partial charge in [0, 0.05) is 26.2 Å². The second kappa shape index (κ2) is 3.75. The van der Waals surface area contributed by atoms with Gasteiger partial charge in [-0.15, -0.1) is 0 Å². The summed E-state index contributed by atoms with van der Waals surface area (Å²) in [7, 11) is 2.05. The van der Waals surface area contributed by atoms with E-state index in [9.17, 15) is 4.79 Å². The van der Waals surface area contributed by atoms with Crippen molar-refractivity contribution in [2.24, 2.45) is 0 Å². The smallest absolute Gasteiger partial charge is 0.291 e. The van der Waals surface area contributed by atoms with Crippen molar-refractivity contribution >= 4 is 5.91 Å². The maximum absolute atomic E-state index is 11.7. The highest BCUT2D eigenvalue weighted by Crippen LogP contribution is 2.03. The Morgan fingerprint density at radius 2 is 2.14 bits per heavy atom. The Labute approximate surface area is 81.9 Å². The molecular weight excluding hydrogens is 182 g/mol. The van der Waals surface area contributed by atoms with Gasteiger partial charge in [0.1, 0.15) is 6.33 Å². The summed E-state index contributed by atoms with van der Waals surface area (Å²) < 4.78 is 0. The van der Waals surface area contributed by atoms with Gasteiger partial charge in [0.2, 0.25) is 5.82 Å². The molecule has 1 aliphatic rings. The third kappa shape index (κ3) is 1.74. The Balaban J connectivity index is 1.99. The van der Waals surface area contributed by atoms with Gasteiger partial charge in [0.25, 0.3) is 5.91 Å². The number of likely N-dealkylation sites (N-methyl/N-ethyl adjacent to an activating group) is 1. The van der Waals surface area contributed by atoms with E-state index in [0.717, 1.165) is 26.2 Å². The van der Waals surface area contributed by atoms with E-state index in [1.54, 1.807) is 4.90 Å². The normalized spacial score (nSPS) is 18.5. The summed E-state index contributed by atoms with van der Waals surface area (Å²) in [6.45, 7) is 3.35. The number of rotatable bonds is 1. The van der Waals surface area contributed by atoms with E-state index in [-0.39, 0.29) is 5.91 Å². The molecule has 0 aliphatic carbocycles. The highest BCUT2D eigenvalue weighted by Gasteiger charge is 2.21. The maximum atomic E-state index is 11.7. The predicted molar refractivity (Wildman–Crippen MR) is 49.8 cm³/mol. The van der Waals surface area contributed by atoms with Crippen LogP contribution in [0.2, 0.25) is 0 Å². The molecule has 0 saturated carbocycles. The van der Waals surface area contributed by atoms with Gasteiger partial charge in [-0.05, 0) is 7.05 Å². The van der Waals surface area contributed by atoms with Crippen LogP contribution in [-0.4, -0.2) is 64.1 Å². The van der Waals surface area contributed by atoms with Crippen molar-refractivity contribution in [1.29, 1.82) is 0 Å². The van der Waals surface area contributed by atoms with Crippen molar-refractivity contribution in [2.75, 3.05) is 33.2 Å². The van der Waals surface area contributed by atoms with Crippen LogP contribution in [0.3, 0.4) is 0 Å². The van der Waals surface area contributed by atoms with E-state index in [1.165, 1.54) is 6.33 Å². The Kier molecular flexibility index (Phi) is 2.45. The number of carbonyl (C=O) groups excluding carboxylic acids is 1. The largest absolute Gasteiger partial charge is 0.333 e. The molecule has 0 spiro atoms. The lowest BCUT2D eigenvalue weighted by Gasteiger charge is -2.31. The minimum atomic E-state index is -0.0596. The summed E-state index contributed by atoms with van der Waals surface area (Å²) in [5.74, 6) is 0.269. The number of nitrogens with one attached hydrogen (secondary N) is 1. The monoisotopic (exact) mass is 195 g/mol. The van der Waals surface area contributed by atoms with Crippen LogP contribution in [-0.2, 0) is 0 Å². The summed E-state index contributed by atoms with van der Waals surface area (Å²) in [4.78, 5) is 19.6. The second-order valence-corrected chi connectivity index (χ2v) is 3.43. The fourth-order valence-electron chi connectivity index (χ4n) is 1.47. The Morgan fingerprint density at radius 3 is 2.71 bits per heavy atom. The summed E-state index contributed by atoms with van der Waals surface area (Å²) in [5.41, 5.74) is 0. The molecule has 1 fully saturated rings. The molecule has 6 nitrogen and oxygen atoms in total. The van der Waals surface area contributed by atoms with Crippen LogP contribution in [0.25, 0.3) is 0 Å². The molecule has 0 bridgehead atoms. The van der Waals surface area contributed by atoms with E-state index in [0.29, 0.717) is 5.82 Å². The highest BCUT2D eigenvalue weighted by molar-refractivity contribution is 5.90. The zero-order valence-electron chi connectivity index (χ0n) is 8.10. The van der Waals surface area contributed by atoms with Gasteiger partial charge in [-0.25, -0.2) is 4.98 Å². The Bertz CT molecular complexity index is 302. The number of aromatic nitrogens is 3. The average molecular weight is 195 g/mol. The lowest BCUT2D eigenvalue weighted by molar-refractivity contribution is 0.0652. The van der Waals surface area contributed by atoms with Crippen molar-refractivity contribution in [3.63, 3.8) is 0 Å². The molecular formula is C8H13N5O. The first-order chi connectivity index (χ1) is 6.77. The summed E-state index contributed by atoms with van der Waals surface area (Å²) in [5, 5.41) is 6.24. The molecule has 0 unspecified atom stereocenters. The Hall–Kier alpha value is -1.43. The number of nitrogens with zero attached hydrogens (tertiary/aromatic N) is 4. The average Bonchev–Trinajstić information content (AvgIpc) is 2.71. The van der Waals surface area contributed by atoms with Crippen molar-refractivity contribution in [3.05, 3.63) is 12.2 Å². The van der Waals surface area contributed by atoms with E-state index >= 15 is 0 Å². The van der Waals surface area contributed by atoms with Gasteiger partial charge in [0.05, 0.1) is 0 Å². The fourth-order valence-corrected chi connectivity index (χ4v) is 1.47.